The van der Waals surface area contributed by atoms with E-state index < -0.39 is 0 Å². The highest BCUT2D eigenvalue weighted by molar-refractivity contribution is 6.28. The Balaban J connectivity index is 1.22. The van der Waals surface area contributed by atoms with E-state index in [0.29, 0.717) is 0 Å². The number of fused-ring (bicyclic) bond motifs is 12. The fourth-order valence-corrected chi connectivity index (χ4v) is 9.48. The van der Waals surface area contributed by atoms with Gasteiger partial charge in [0, 0.05) is 5.41 Å². The van der Waals surface area contributed by atoms with E-state index in [-0.39, 0.29) is 5.41 Å². The van der Waals surface area contributed by atoms with E-state index >= 15 is 0 Å². The highest BCUT2D eigenvalue weighted by Gasteiger charge is 2.37. The summed E-state index contributed by atoms with van der Waals surface area (Å²) in [7, 11) is 0. The zero-order chi connectivity index (χ0) is 33.8. The van der Waals surface area contributed by atoms with Crippen LogP contribution >= 0.6 is 0 Å². The molecule has 0 unspecified atom stereocenters. The number of benzene rings is 10. The summed E-state index contributed by atoms with van der Waals surface area (Å²) in [6.07, 6.45) is 0. The molecule has 0 saturated carbocycles. The first kappa shape index (κ1) is 28.6. The van der Waals surface area contributed by atoms with Crippen molar-refractivity contribution in [2.75, 3.05) is 0 Å². The molecule has 1 aliphatic carbocycles. The molecular weight excluding hydrogens is 613 g/mol. The van der Waals surface area contributed by atoms with Crippen molar-refractivity contribution in [3.63, 3.8) is 0 Å². The standard InChI is InChI=1S/C51H34/c1-51(2)46-30-36(24-26-41(46)44-27-21-33-13-5-8-16-40(33)50(44)51)47-42-17-9-10-18-43(42)48(49-39-15-7-4-12-32(39)22-28-45(47)49)35-23-25-38-34(29-35)20-19-31-11-3-6-14-37(31)38/h3-30H,1-2H3. The minimum Gasteiger partial charge on any atom is -0.0616 e. The Labute approximate surface area is 297 Å². The molecule has 0 saturated heterocycles. The molecule has 0 heteroatoms. The number of hydrogen-bond acceptors (Lipinski definition) is 0. The van der Waals surface area contributed by atoms with Gasteiger partial charge in [-0.05, 0) is 121 Å². The predicted molar refractivity (Wildman–Crippen MR) is 220 cm³/mol. The van der Waals surface area contributed by atoms with Gasteiger partial charge in [0.05, 0.1) is 0 Å². The van der Waals surface area contributed by atoms with Gasteiger partial charge in [0.15, 0.2) is 0 Å². The Hall–Kier alpha value is -6.24. The van der Waals surface area contributed by atoms with Gasteiger partial charge in [-0.3, -0.25) is 0 Å². The lowest BCUT2D eigenvalue weighted by Gasteiger charge is -2.24. The summed E-state index contributed by atoms with van der Waals surface area (Å²) in [5, 5.41) is 15.5. The van der Waals surface area contributed by atoms with E-state index in [1.54, 1.807) is 0 Å². The lowest BCUT2D eigenvalue weighted by Crippen LogP contribution is -2.15. The second kappa shape index (κ2) is 10.4. The second-order valence-corrected chi connectivity index (χ2v) is 14.8. The number of rotatable bonds is 2. The SMILES string of the molecule is CC1(C)c2cc(-c3c4ccccc4c(-c4ccc5c(ccc6ccccc65)c4)c4c3ccc3ccccc34)ccc2-c2ccc3ccccc3c21. The van der Waals surface area contributed by atoms with Crippen molar-refractivity contribution in [2.45, 2.75) is 19.3 Å². The Bertz CT molecular complexity index is 3100. The van der Waals surface area contributed by atoms with Crippen LogP contribution in [0.25, 0.3) is 98.0 Å². The van der Waals surface area contributed by atoms with E-state index in [1.807, 2.05) is 0 Å². The van der Waals surface area contributed by atoms with Gasteiger partial charge < -0.3 is 0 Å². The first-order chi connectivity index (χ1) is 25.1. The van der Waals surface area contributed by atoms with Crippen LogP contribution in [0.4, 0.5) is 0 Å². The monoisotopic (exact) mass is 646 g/mol. The van der Waals surface area contributed by atoms with E-state index in [9.17, 15) is 0 Å². The Kier molecular flexibility index (Phi) is 5.82. The minimum absolute atomic E-state index is 0.130. The maximum absolute atomic E-state index is 2.50. The quantitative estimate of drug-likeness (QED) is 0.129. The van der Waals surface area contributed by atoms with Crippen LogP contribution in [0.15, 0.2) is 170 Å². The zero-order valence-corrected chi connectivity index (χ0v) is 28.7. The molecule has 0 heterocycles. The minimum atomic E-state index is -0.130. The van der Waals surface area contributed by atoms with E-state index in [4.69, 9.17) is 0 Å². The highest BCUT2D eigenvalue weighted by Crippen LogP contribution is 2.53. The molecule has 10 aromatic carbocycles. The van der Waals surface area contributed by atoms with E-state index in [0.717, 1.165) is 0 Å². The molecule has 0 nitrogen and oxygen atoms in total. The molecule has 51 heavy (non-hydrogen) atoms. The van der Waals surface area contributed by atoms with Crippen LogP contribution in [0.3, 0.4) is 0 Å². The third-order valence-corrected chi connectivity index (χ3v) is 11.8. The predicted octanol–water partition coefficient (Wildman–Crippen LogP) is 14.2. The lowest BCUT2D eigenvalue weighted by atomic mass is 9.78. The van der Waals surface area contributed by atoms with Crippen molar-refractivity contribution in [3.05, 3.63) is 181 Å². The second-order valence-electron chi connectivity index (χ2n) is 14.8. The zero-order valence-electron chi connectivity index (χ0n) is 28.7. The molecule has 11 rings (SSSR count). The average Bonchev–Trinajstić information content (AvgIpc) is 3.42. The molecule has 0 N–H and O–H groups in total. The molecule has 0 aliphatic heterocycles. The van der Waals surface area contributed by atoms with Gasteiger partial charge in [0.1, 0.15) is 0 Å². The third kappa shape index (κ3) is 3.96. The molecule has 0 aromatic heterocycles. The fourth-order valence-electron chi connectivity index (χ4n) is 9.48. The van der Waals surface area contributed by atoms with Crippen LogP contribution in [-0.2, 0) is 5.41 Å². The summed E-state index contributed by atoms with van der Waals surface area (Å²) in [4.78, 5) is 0. The van der Waals surface area contributed by atoms with Crippen LogP contribution in [0.2, 0.25) is 0 Å². The first-order valence-corrected chi connectivity index (χ1v) is 18.0. The smallest absolute Gasteiger partial charge is 0.0165 e. The first-order valence-electron chi connectivity index (χ1n) is 18.0. The van der Waals surface area contributed by atoms with Crippen LogP contribution in [0, 0.1) is 0 Å². The lowest BCUT2D eigenvalue weighted by molar-refractivity contribution is 0.666. The normalized spacial score (nSPS) is 13.5. The summed E-state index contributed by atoms with van der Waals surface area (Å²) >= 11 is 0. The van der Waals surface area contributed by atoms with Gasteiger partial charge in [0.25, 0.3) is 0 Å². The van der Waals surface area contributed by atoms with Crippen molar-refractivity contribution in [1.29, 1.82) is 0 Å². The van der Waals surface area contributed by atoms with Crippen LogP contribution in [-0.4, -0.2) is 0 Å². The maximum Gasteiger partial charge on any atom is 0.0165 e. The summed E-state index contributed by atoms with van der Waals surface area (Å²) in [6.45, 7) is 4.81. The van der Waals surface area contributed by atoms with Gasteiger partial charge >= 0.3 is 0 Å². The molecular formula is C51H34. The molecule has 0 spiro atoms. The topological polar surface area (TPSA) is 0 Å². The Morgan fingerprint density at radius 1 is 0.333 bits per heavy atom. The van der Waals surface area contributed by atoms with E-state index in [1.165, 1.54) is 109 Å². The molecule has 0 bridgehead atoms. The van der Waals surface area contributed by atoms with Crippen LogP contribution in [0.1, 0.15) is 25.0 Å². The van der Waals surface area contributed by atoms with Gasteiger partial charge in [-0.2, -0.15) is 0 Å². The van der Waals surface area contributed by atoms with Crippen molar-refractivity contribution < 1.29 is 0 Å². The Morgan fingerprint density at radius 3 is 1.61 bits per heavy atom. The van der Waals surface area contributed by atoms with Gasteiger partial charge in [-0.25, -0.2) is 0 Å². The van der Waals surface area contributed by atoms with Gasteiger partial charge in [-0.1, -0.05) is 172 Å². The van der Waals surface area contributed by atoms with E-state index in [2.05, 4.69) is 184 Å². The molecule has 238 valence electrons. The highest BCUT2D eigenvalue weighted by atomic mass is 14.4. The van der Waals surface area contributed by atoms with Crippen molar-refractivity contribution >= 4 is 64.6 Å². The Morgan fingerprint density at radius 2 is 0.824 bits per heavy atom. The third-order valence-electron chi connectivity index (χ3n) is 11.8. The fraction of sp³-hybridized carbons (Fsp3) is 0.0588. The summed E-state index contributed by atoms with van der Waals surface area (Å²) in [5.41, 5.74) is 10.5. The number of hydrogen-bond donors (Lipinski definition) is 0. The molecule has 0 amide bonds. The maximum atomic E-state index is 2.50. The molecule has 1 aliphatic rings. The van der Waals surface area contributed by atoms with Crippen molar-refractivity contribution in [3.8, 4) is 33.4 Å². The molecule has 10 aromatic rings. The van der Waals surface area contributed by atoms with Crippen LogP contribution in [0.5, 0.6) is 0 Å². The van der Waals surface area contributed by atoms with Gasteiger partial charge in [0.2, 0.25) is 0 Å². The summed E-state index contributed by atoms with van der Waals surface area (Å²) < 4.78 is 0. The van der Waals surface area contributed by atoms with Crippen molar-refractivity contribution in [1.82, 2.24) is 0 Å². The van der Waals surface area contributed by atoms with Gasteiger partial charge in [-0.15, -0.1) is 0 Å². The summed E-state index contributed by atoms with van der Waals surface area (Å²) in [5.74, 6) is 0. The molecule has 0 atom stereocenters. The van der Waals surface area contributed by atoms with Crippen molar-refractivity contribution in [2.24, 2.45) is 0 Å². The molecule has 0 radical (unpaired) electrons. The average molecular weight is 647 g/mol. The molecule has 0 fully saturated rings. The summed E-state index contributed by atoms with van der Waals surface area (Å²) in [6, 6.07) is 63.7. The van der Waals surface area contributed by atoms with Crippen LogP contribution < -0.4 is 0 Å². The largest absolute Gasteiger partial charge is 0.0616 e.